The van der Waals surface area contributed by atoms with Gasteiger partial charge >= 0.3 is 0 Å². The average molecular weight is 264 g/mol. The van der Waals surface area contributed by atoms with Crippen LogP contribution in [0.15, 0.2) is 23.7 Å². The fourth-order valence-corrected chi connectivity index (χ4v) is 2.28. The number of rotatable bonds is 3. The molecular weight excluding hydrogens is 251 g/mol. The van der Waals surface area contributed by atoms with Gasteiger partial charge in [-0.2, -0.15) is 0 Å². The maximum Gasteiger partial charge on any atom is 0.254 e. The van der Waals surface area contributed by atoms with Gasteiger partial charge in [0.15, 0.2) is 0 Å². The molecule has 0 aliphatic rings. The van der Waals surface area contributed by atoms with E-state index < -0.39 is 11.7 Å². The lowest BCUT2D eigenvalue weighted by Gasteiger charge is -2.06. The van der Waals surface area contributed by atoms with Gasteiger partial charge in [0, 0.05) is 4.88 Å². The van der Waals surface area contributed by atoms with Crippen LogP contribution < -0.4 is 5.32 Å². The number of nitrogens with one attached hydrogen (secondary N) is 1. The van der Waals surface area contributed by atoms with Crippen molar-refractivity contribution in [1.29, 1.82) is 0 Å². The molecule has 0 spiro atoms. The summed E-state index contributed by atoms with van der Waals surface area (Å²) in [6.45, 7) is 4.08. The highest BCUT2D eigenvalue weighted by atomic mass is 32.1. The molecule has 1 heterocycles. The minimum atomic E-state index is -0.501. The van der Waals surface area contributed by atoms with Gasteiger partial charge < -0.3 is 5.32 Å². The van der Waals surface area contributed by atoms with Gasteiger partial charge in [0.25, 0.3) is 5.91 Å². The third kappa shape index (κ3) is 2.73. The van der Waals surface area contributed by atoms with E-state index in [2.05, 4.69) is 10.3 Å². The Kier molecular flexibility index (Phi) is 3.72. The minimum absolute atomic E-state index is 0.0807. The molecule has 0 bridgehead atoms. The van der Waals surface area contributed by atoms with Crippen LogP contribution in [0, 0.1) is 19.7 Å². The van der Waals surface area contributed by atoms with Gasteiger partial charge in [-0.3, -0.25) is 4.79 Å². The molecule has 5 heteroatoms. The minimum Gasteiger partial charge on any atom is -0.347 e. The zero-order valence-corrected chi connectivity index (χ0v) is 11.0. The zero-order valence-electron chi connectivity index (χ0n) is 10.2. The summed E-state index contributed by atoms with van der Waals surface area (Å²) < 4.78 is 13.5. The first-order valence-electron chi connectivity index (χ1n) is 5.51. The van der Waals surface area contributed by atoms with E-state index in [0.717, 1.165) is 16.1 Å². The van der Waals surface area contributed by atoms with E-state index >= 15 is 0 Å². The first-order valence-corrected chi connectivity index (χ1v) is 6.39. The molecule has 0 radical (unpaired) electrons. The lowest BCUT2D eigenvalue weighted by atomic mass is 10.1. The zero-order chi connectivity index (χ0) is 13.1. The summed E-state index contributed by atoms with van der Waals surface area (Å²) in [4.78, 5) is 16.9. The molecule has 1 aromatic heterocycles. The van der Waals surface area contributed by atoms with E-state index in [4.69, 9.17) is 0 Å². The molecule has 0 saturated carbocycles. The molecule has 0 saturated heterocycles. The second-order valence-corrected chi connectivity index (χ2v) is 4.97. The number of nitrogens with zero attached hydrogens (tertiary/aromatic N) is 1. The SMILES string of the molecule is Cc1ccc(F)c(C(=O)NCc2scnc2C)c1. The van der Waals surface area contributed by atoms with Crippen LogP contribution in [0.2, 0.25) is 0 Å². The van der Waals surface area contributed by atoms with Crippen molar-refractivity contribution in [2.24, 2.45) is 0 Å². The van der Waals surface area contributed by atoms with Crippen molar-refractivity contribution in [1.82, 2.24) is 10.3 Å². The van der Waals surface area contributed by atoms with Crippen LogP contribution in [0.5, 0.6) is 0 Å². The first-order chi connectivity index (χ1) is 8.58. The number of benzene rings is 1. The van der Waals surface area contributed by atoms with E-state index in [1.54, 1.807) is 17.6 Å². The summed E-state index contributed by atoms with van der Waals surface area (Å²) in [5, 5.41) is 2.70. The monoisotopic (exact) mass is 264 g/mol. The molecule has 0 fully saturated rings. The average Bonchev–Trinajstić information content (AvgIpc) is 2.75. The molecular formula is C13H13FN2OS. The Bertz CT molecular complexity index is 580. The number of hydrogen-bond acceptors (Lipinski definition) is 3. The second-order valence-electron chi connectivity index (χ2n) is 4.03. The van der Waals surface area contributed by atoms with E-state index in [9.17, 15) is 9.18 Å². The molecule has 2 aromatic rings. The highest BCUT2D eigenvalue weighted by Crippen LogP contribution is 2.13. The molecule has 1 aromatic carbocycles. The highest BCUT2D eigenvalue weighted by molar-refractivity contribution is 7.09. The van der Waals surface area contributed by atoms with Crippen molar-refractivity contribution in [3.05, 3.63) is 51.2 Å². The van der Waals surface area contributed by atoms with Crippen LogP contribution in [0.25, 0.3) is 0 Å². The summed E-state index contributed by atoms with van der Waals surface area (Å²) in [5.41, 5.74) is 3.56. The molecule has 3 nitrogen and oxygen atoms in total. The molecule has 0 aliphatic heterocycles. The van der Waals surface area contributed by atoms with Gasteiger partial charge in [-0.1, -0.05) is 11.6 Å². The van der Waals surface area contributed by atoms with Gasteiger partial charge in [-0.15, -0.1) is 11.3 Å². The molecule has 94 valence electrons. The number of aromatic nitrogens is 1. The van der Waals surface area contributed by atoms with Crippen molar-refractivity contribution < 1.29 is 9.18 Å². The van der Waals surface area contributed by atoms with E-state index in [-0.39, 0.29) is 5.56 Å². The Balaban J connectivity index is 2.08. The van der Waals surface area contributed by atoms with Crippen molar-refractivity contribution in [2.75, 3.05) is 0 Å². The number of carbonyl (C=O) groups is 1. The molecule has 1 N–H and O–H groups in total. The fourth-order valence-electron chi connectivity index (χ4n) is 1.56. The van der Waals surface area contributed by atoms with Crippen LogP contribution in [0.1, 0.15) is 26.5 Å². The van der Waals surface area contributed by atoms with Gasteiger partial charge in [0.1, 0.15) is 5.82 Å². The molecule has 18 heavy (non-hydrogen) atoms. The summed E-state index contributed by atoms with van der Waals surface area (Å²) >= 11 is 1.47. The van der Waals surface area contributed by atoms with Crippen LogP contribution in [0.4, 0.5) is 4.39 Å². The molecule has 1 amide bonds. The molecule has 0 aliphatic carbocycles. The van der Waals surface area contributed by atoms with Crippen molar-refractivity contribution >= 4 is 17.2 Å². The Hall–Kier alpha value is -1.75. The largest absolute Gasteiger partial charge is 0.347 e. The predicted molar refractivity (Wildman–Crippen MR) is 69.2 cm³/mol. The first kappa shape index (κ1) is 12.7. The lowest BCUT2D eigenvalue weighted by Crippen LogP contribution is -2.23. The number of aryl methyl sites for hydroxylation is 2. The third-order valence-electron chi connectivity index (χ3n) is 2.62. The van der Waals surface area contributed by atoms with Crippen LogP contribution in [0.3, 0.4) is 0 Å². The topological polar surface area (TPSA) is 42.0 Å². The number of hydrogen-bond donors (Lipinski definition) is 1. The molecule has 2 rings (SSSR count). The third-order valence-corrected chi connectivity index (χ3v) is 3.56. The van der Waals surface area contributed by atoms with Crippen LogP contribution >= 0.6 is 11.3 Å². The normalized spacial score (nSPS) is 10.4. The maximum atomic E-state index is 13.5. The molecule has 0 atom stereocenters. The van der Waals surface area contributed by atoms with Crippen LogP contribution in [-0.2, 0) is 6.54 Å². The Morgan fingerprint density at radius 3 is 2.89 bits per heavy atom. The predicted octanol–water partition coefficient (Wildman–Crippen LogP) is 2.83. The summed E-state index contributed by atoms with van der Waals surface area (Å²) in [6, 6.07) is 4.49. The van der Waals surface area contributed by atoms with Gasteiger partial charge in [-0.05, 0) is 26.0 Å². The molecule has 0 unspecified atom stereocenters. The Labute approximate surface area is 109 Å². The summed E-state index contributed by atoms with van der Waals surface area (Å²) in [6.07, 6.45) is 0. The van der Waals surface area contributed by atoms with Gasteiger partial charge in [0.2, 0.25) is 0 Å². The maximum absolute atomic E-state index is 13.5. The smallest absolute Gasteiger partial charge is 0.254 e. The second kappa shape index (κ2) is 5.27. The number of thiazole rings is 1. The number of carbonyl (C=O) groups excluding carboxylic acids is 1. The number of amides is 1. The summed E-state index contributed by atoms with van der Waals surface area (Å²) in [7, 11) is 0. The summed E-state index contributed by atoms with van der Waals surface area (Å²) in [5.74, 6) is -0.900. The van der Waals surface area contributed by atoms with E-state index in [1.807, 2.05) is 13.8 Å². The Morgan fingerprint density at radius 1 is 1.44 bits per heavy atom. The number of halogens is 1. The standard InChI is InChI=1S/C13H13FN2OS/c1-8-3-4-11(14)10(5-8)13(17)15-6-12-9(2)16-7-18-12/h3-5,7H,6H2,1-2H3,(H,15,17). The van der Waals surface area contributed by atoms with Crippen LogP contribution in [-0.4, -0.2) is 10.9 Å². The van der Waals surface area contributed by atoms with Crippen molar-refractivity contribution in [3.8, 4) is 0 Å². The van der Waals surface area contributed by atoms with Crippen molar-refractivity contribution in [2.45, 2.75) is 20.4 Å². The Morgan fingerprint density at radius 2 is 2.22 bits per heavy atom. The van der Waals surface area contributed by atoms with Gasteiger partial charge in [-0.25, -0.2) is 9.37 Å². The highest BCUT2D eigenvalue weighted by Gasteiger charge is 2.12. The lowest BCUT2D eigenvalue weighted by molar-refractivity contribution is 0.0947. The van der Waals surface area contributed by atoms with Crippen molar-refractivity contribution in [3.63, 3.8) is 0 Å². The van der Waals surface area contributed by atoms with E-state index in [1.165, 1.54) is 17.4 Å². The van der Waals surface area contributed by atoms with Gasteiger partial charge in [0.05, 0.1) is 23.3 Å². The van der Waals surface area contributed by atoms with E-state index in [0.29, 0.717) is 6.54 Å². The quantitative estimate of drug-likeness (QED) is 0.926. The fraction of sp³-hybridized carbons (Fsp3) is 0.231.